The minimum absolute atomic E-state index is 0. The first-order chi connectivity index (χ1) is 21.8. The summed E-state index contributed by atoms with van der Waals surface area (Å²) < 4.78 is 4.73. The summed E-state index contributed by atoms with van der Waals surface area (Å²) in [7, 11) is 0. The van der Waals surface area contributed by atoms with Crippen LogP contribution in [0.4, 0.5) is 0 Å². The molecule has 7 aromatic carbocycles. The third-order valence-electron chi connectivity index (χ3n) is 8.90. The standard InChI is InChI=1S/C42H28N2.H2S/c1-3-14-33(15-4-1)43-39-20-9-7-18-35(39)37-27-31(22-24-41(37)43)29-12-11-13-30(26-29)32-23-25-42-38(28-32)36-19-8-10-21-40(36)44(42)34-16-5-2-6-17-34;/h1-28H;1H2. The third-order valence-corrected chi connectivity index (χ3v) is 8.90. The lowest BCUT2D eigenvalue weighted by molar-refractivity contribution is 1.18. The van der Waals surface area contributed by atoms with Gasteiger partial charge < -0.3 is 9.13 Å². The van der Waals surface area contributed by atoms with Gasteiger partial charge in [0.2, 0.25) is 0 Å². The molecule has 0 saturated heterocycles. The molecule has 9 aromatic rings. The molecule has 0 aliphatic carbocycles. The van der Waals surface area contributed by atoms with E-state index in [0.29, 0.717) is 0 Å². The van der Waals surface area contributed by atoms with Gasteiger partial charge in [0.15, 0.2) is 0 Å². The Hall–Kier alpha value is -5.51. The van der Waals surface area contributed by atoms with Crippen LogP contribution in [0.2, 0.25) is 0 Å². The van der Waals surface area contributed by atoms with E-state index in [0.717, 1.165) is 0 Å². The predicted octanol–water partition coefficient (Wildman–Crippen LogP) is 11.3. The second-order valence-electron chi connectivity index (χ2n) is 11.4. The van der Waals surface area contributed by atoms with Crippen LogP contribution in [0.15, 0.2) is 170 Å². The molecular formula is C42H30N2S. The molecule has 0 radical (unpaired) electrons. The molecule has 0 bridgehead atoms. The fourth-order valence-corrected chi connectivity index (χ4v) is 6.89. The monoisotopic (exact) mass is 594 g/mol. The molecule has 0 atom stereocenters. The van der Waals surface area contributed by atoms with Gasteiger partial charge in [-0.1, -0.05) is 103 Å². The van der Waals surface area contributed by atoms with Crippen molar-refractivity contribution in [3.05, 3.63) is 170 Å². The largest absolute Gasteiger partial charge is 0.309 e. The predicted molar refractivity (Wildman–Crippen MR) is 196 cm³/mol. The zero-order valence-corrected chi connectivity index (χ0v) is 25.6. The molecule has 0 saturated carbocycles. The summed E-state index contributed by atoms with van der Waals surface area (Å²) in [5, 5.41) is 5.07. The van der Waals surface area contributed by atoms with Gasteiger partial charge >= 0.3 is 0 Å². The smallest absolute Gasteiger partial charge is 0.0541 e. The minimum Gasteiger partial charge on any atom is -0.309 e. The van der Waals surface area contributed by atoms with E-state index in [2.05, 4.69) is 179 Å². The maximum atomic E-state index is 2.37. The van der Waals surface area contributed by atoms with E-state index in [4.69, 9.17) is 0 Å². The van der Waals surface area contributed by atoms with Gasteiger partial charge in [0, 0.05) is 32.9 Å². The Bertz CT molecular complexity index is 2310. The van der Waals surface area contributed by atoms with Crippen molar-refractivity contribution in [2.75, 3.05) is 0 Å². The number of benzene rings is 7. The highest BCUT2D eigenvalue weighted by molar-refractivity contribution is 7.59. The Morgan fingerprint density at radius 2 is 0.644 bits per heavy atom. The molecule has 214 valence electrons. The lowest BCUT2D eigenvalue weighted by Gasteiger charge is -2.10. The zero-order chi connectivity index (χ0) is 29.0. The quantitative estimate of drug-likeness (QED) is 0.192. The van der Waals surface area contributed by atoms with E-state index in [1.165, 1.54) is 77.2 Å². The third kappa shape index (κ3) is 4.35. The molecule has 3 heteroatoms. The molecular weight excluding hydrogens is 565 g/mol. The second-order valence-corrected chi connectivity index (χ2v) is 11.4. The first kappa shape index (κ1) is 27.1. The Balaban J connectivity index is 0.00000300. The summed E-state index contributed by atoms with van der Waals surface area (Å²) in [6.45, 7) is 0. The van der Waals surface area contributed by atoms with Crippen molar-refractivity contribution in [2.24, 2.45) is 0 Å². The van der Waals surface area contributed by atoms with Crippen molar-refractivity contribution in [3.63, 3.8) is 0 Å². The van der Waals surface area contributed by atoms with Gasteiger partial charge in [0.1, 0.15) is 0 Å². The van der Waals surface area contributed by atoms with Crippen molar-refractivity contribution in [3.8, 4) is 33.6 Å². The van der Waals surface area contributed by atoms with Crippen molar-refractivity contribution in [1.29, 1.82) is 0 Å². The highest BCUT2D eigenvalue weighted by Crippen LogP contribution is 2.38. The number of nitrogens with zero attached hydrogens (tertiary/aromatic N) is 2. The number of hydrogen-bond acceptors (Lipinski definition) is 0. The van der Waals surface area contributed by atoms with Crippen molar-refractivity contribution < 1.29 is 0 Å². The molecule has 0 amide bonds. The molecule has 0 fully saturated rings. The molecule has 0 N–H and O–H groups in total. The number of hydrogen-bond donors (Lipinski definition) is 0. The molecule has 2 heterocycles. The van der Waals surface area contributed by atoms with Gasteiger partial charge in [-0.05, 0) is 89.0 Å². The minimum atomic E-state index is 0. The van der Waals surface area contributed by atoms with Gasteiger partial charge in [-0.3, -0.25) is 0 Å². The van der Waals surface area contributed by atoms with Gasteiger partial charge in [-0.15, -0.1) is 0 Å². The summed E-state index contributed by atoms with van der Waals surface area (Å²) in [6.07, 6.45) is 0. The summed E-state index contributed by atoms with van der Waals surface area (Å²) in [4.78, 5) is 0. The summed E-state index contributed by atoms with van der Waals surface area (Å²) >= 11 is 0. The highest BCUT2D eigenvalue weighted by Gasteiger charge is 2.15. The summed E-state index contributed by atoms with van der Waals surface area (Å²) in [5.41, 5.74) is 12.1. The normalized spacial score (nSPS) is 11.4. The number of para-hydroxylation sites is 4. The van der Waals surface area contributed by atoms with E-state index in [1.807, 2.05) is 0 Å². The van der Waals surface area contributed by atoms with Crippen LogP contribution in [-0.4, -0.2) is 9.13 Å². The average Bonchev–Trinajstić information content (AvgIpc) is 3.61. The fraction of sp³-hybridized carbons (Fsp3) is 0. The SMILES string of the molecule is S.c1ccc(-n2c3ccccc3c3cc(-c4cccc(-c5ccc6c(c5)c5ccccc5n6-c5ccccc5)c4)ccc32)cc1. The Morgan fingerprint density at radius 3 is 1.11 bits per heavy atom. The van der Waals surface area contributed by atoms with E-state index in [-0.39, 0.29) is 13.5 Å². The van der Waals surface area contributed by atoms with Crippen LogP contribution in [0.1, 0.15) is 0 Å². The molecule has 2 aromatic heterocycles. The van der Waals surface area contributed by atoms with Crippen molar-refractivity contribution >= 4 is 57.1 Å². The van der Waals surface area contributed by atoms with E-state index in [1.54, 1.807) is 0 Å². The summed E-state index contributed by atoms with van der Waals surface area (Å²) in [6, 6.07) is 61.4. The maximum Gasteiger partial charge on any atom is 0.0541 e. The van der Waals surface area contributed by atoms with Crippen LogP contribution >= 0.6 is 13.5 Å². The number of aromatic nitrogens is 2. The number of rotatable bonds is 4. The lowest BCUT2D eigenvalue weighted by Crippen LogP contribution is -1.93. The molecule has 0 unspecified atom stereocenters. The molecule has 2 nitrogen and oxygen atoms in total. The van der Waals surface area contributed by atoms with Crippen LogP contribution in [-0.2, 0) is 0 Å². The Morgan fingerprint density at radius 1 is 0.267 bits per heavy atom. The van der Waals surface area contributed by atoms with E-state index < -0.39 is 0 Å². The topological polar surface area (TPSA) is 9.86 Å². The number of fused-ring (bicyclic) bond motifs is 6. The second kappa shape index (κ2) is 10.9. The van der Waals surface area contributed by atoms with E-state index >= 15 is 0 Å². The Kier molecular flexibility index (Phi) is 6.55. The Labute approximate surface area is 268 Å². The van der Waals surface area contributed by atoms with Gasteiger partial charge in [-0.2, -0.15) is 13.5 Å². The highest BCUT2D eigenvalue weighted by atomic mass is 32.1. The van der Waals surface area contributed by atoms with Crippen LogP contribution in [0.25, 0.3) is 77.2 Å². The van der Waals surface area contributed by atoms with Crippen LogP contribution in [0.3, 0.4) is 0 Å². The average molecular weight is 595 g/mol. The molecule has 45 heavy (non-hydrogen) atoms. The molecule has 0 aliphatic heterocycles. The van der Waals surface area contributed by atoms with Crippen molar-refractivity contribution in [2.45, 2.75) is 0 Å². The molecule has 9 rings (SSSR count). The van der Waals surface area contributed by atoms with Crippen molar-refractivity contribution in [1.82, 2.24) is 9.13 Å². The van der Waals surface area contributed by atoms with Gasteiger partial charge in [-0.25, -0.2) is 0 Å². The van der Waals surface area contributed by atoms with E-state index in [9.17, 15) is 0 Å². The van der Waals surface area contributed by atoms with Crippen LogP contribution < -0.4 is 0 Å². The van der Waals surface area contributed by atoms with Gasteiger partial charge in [0.05, 0.1) is 22.1 Å². The maximum absolute atomic E-state index is 2.37. The lowest BCUT2D eigenvalue weighted by atomic mass is 9.97. The fourth-order valence-electron chi connectivity index (χ4n) is 6.89. The first-order valence-corrected chi connectivity index (χ1v) is 15.1. The summed E-state index contributed by atoms with van der Waals surface area (Å²) in [5.74, 6) is 0. The zero-order valence-electron chi connectivity index (χ0n) is 24.6. The molecule has 0 aliphatic rings. The first-order valence-electron chi connectivity index (χ1n) is 15.1. The van der Waals surface area contributed by atoms with Crippen LogP contribution in [0.5, 0.6) is 0 Å². The molecule has 0 spiro atoms. The van der Waals surface area contributed by atoms with Gasteiger partial charge in [0.25, 0.3) is 0 Å². The van der Waals surface area contributed by atoms with Crippen LogP contribution in [0, 0.1) is 0 Å².